The van der Waals surface area contributed by atoms with E-state index in [-0.39, 0.29) is 0 Å². The van der Waals surface area contributed by atoms with Crippen LogP contribution >= 0.6 is 0 Å². The molecular weight excluding hydrogens is 200 g/mol. The molecule has 0 amide bonds. The highest BCUT2D eigenvalue weighted by atomic mass is 19.2. The lowest BCUT2D eigenvalue weighted by molar-refractivity contribution is 0.357. The molecule has 1 aliphatic rings. The molecule has 6 heteroatoms. The van der Waals surface area contributed by atoms with Crippen molar-refractivity contribution in [2.45, 2.75) is 5.92 Å². The van der Waals surface area contributed by atoms with Gasteiger partial charge in [-0.05, 0) is 0 Å². The highest BCUT2D eigenvalue weighted by Gasteiger charge is 2.30. The Morgan fingerprint density at radius 3 is 1.86 bits per heavy atom. The monoisotopic (exact) mass is 206 g/mol. The molecule has 14 heavy (non-hydrogen) atoms. The lowest BCUT2D eigenvalue weighted by Crippen LogP contribution is -2.41. The van der Waals surface area contributed by atoms with Crippen LogP contribution in [0.4, 0.5) is 17.6 Å². The Hall–Kier alpha value is -1.17. The van der Waals surface area contributed by atoms with E-state index in [4.69, 9.17) is 0 Å². The Bertz CT molecular complexity index is 350. The quantitative estimate of drug-likeness (QED) is 0.553. The first-order valence-electron chi connectivity index (χ1n) is 4.02. The zero-order valence-corrected chi connectivity index (χ0v) is 6.95. The maximum atomic E-state index is 13.0. The van der Waals surface area contributed by atoms with Gasteiger partial charge in [0.25, 0.3) is 11.9 Å². The van der Waals surface area contributed by atoms with Crippen molar-refractivity contribution in [3.63, 3.8) is 0 Å². The fraction of sp³-hybridized carbons (Fsp3) is 0.375. The standard InChI is InChI=1S/C8H6F4N2/c9-5-4(3-1-13-2-3)6(10)8(12)14-7(5)11/h3,13H,1-2H2. The Kier molecular flexibility index (Phi) is 2.14. The number of aromatic nitrogens is 1. The van der Waals surface area contributed by atoms with Crippen LogP contribution < -0.4 is 5.32 Å². The molecule has 0 aliphatic carbocycles. The molecule has 0 spiro atoms. The van der Waals surface area contributed by atoms with Crippen molar-refractivity contribution in [2.75, 3.05) is 13.1 Å². The third-order valence-electron chi connectivity index (χ3n) is 2.22. The number of nitrogens with zero attached hydrogens (tertiary/aromatic N) is 1. The van der Waals surface area contributed by atoms with E-state index in [2.05, 4.69) is 10.3 Å². The van der Waals surface area contributed by atoms with Crippen LogP contribution in [-0.2, 0) is 0 Å². The first-order valence-corrected chi connectivity index (χ1v) is 4.02. The van der Waals surface area contributed by atoms with E-state index >= 15 is 0 Å². The average Bonchev–Trinajstić information content (AvgIpc) is 2.06. The third kappa shape index (κ3) is 1.26. The van der Waals surface area contributed by atoms with Crippen LogP contribution in [0.3, 0.4) is 0 Å². The molecule has 1 aromatic rings. The largest absolute Gasteiger partial charge is 0.315 e. The summed E-state index contributed by atoms with van der Waals surface area (Å²) in [7, 11) is 0. The Morgan fingerprint density at radius 2 is 1.50 bits per heavy atom. The van der Waals surface area contributed by atoms with E-state index in [0.717, 1.165) is 0 Å². The summed E-state index contributed by atoms with van der Waals surface area (Å²) in [4.78, 5) is 2.47. The van der Waals surface area contributed by atoms with Crippen LogP contribution in [0.2, 0.25) is 0 Å². The first-order chi connectivity index (χ1) is 6.61. The van der Waals surface area contributed by atoms with E-state index < -0.39 is 35.0 Å². The average molecular weight is 206 g/mol. The van der Waals surface area contributed by atoms with Crippen molar-refractivity contribution in [1.82, 2.24) is 10.3 Å². The number of rotatable bonds is 1. The number of hydrogen-bond donors (Lipinski definition) is 1. The molecule has 2 nitrogen and oxygen atoms in total. The molecule has 2 rings (SSSR count). The van der Waals surface area contributed by atoms with Crippen molar-refractivity contribution in [3.05, 3.63) is 29.1 Å². The second-order valence-electron chi connectivity index (χ2n) is 3.09. The van der Waals surface area contributed by atoms with Gasteiger partial charge in [-0.1, -0.05) is 0 Å². The normalized spacial score (nSPS) is 16.9. The molecular formula is C8H6F4N2. The van der Waals surface area contributed by atoms with Crippen LogP contribution in [-0.4, -0.2) is 18.1 Å². The van der Waals surface area contributed by atoms with Gasteiger partial charge in [-0.25, -0.2) is 8.78 Å². The molecule has 0 radical (unpaired) electrons. The predicted molar refractivity (Wildman–Crippen MR) is 39.7 cm³/mol. The minimum atomic E-state index is -1.59. The highest BCUT2D eigenvalue weighted by Crippen LogP contribution is 2.27. The first kappa shape index (κ1) is 9.39. The lowest BCUT2D eigenvalue weighted by atomic mass is 9.93. The summed E-state index contributed by atoms with van der Waals surface area (Å²) >= 11 is 0. The fourth-order valence-electron chi connectivity index (χ4n) is 1.35. The van der Waals surface area contributed by atoms with Gasteiger partial charge < -0.3 is 5.32 Å². The van der Waals surface area contributed by atoms with Gasteiger partial charge in [0.15, 0.2) is 11.6 Å². The van der Waals surface area contributed by atoms with Gasteiger partial charge in [-0.2, -0.15) is 13.8 Å². The molecule has 0 aromatic carbocycles. The van der Waals surface area contributed by atoms with Gasteiger partial charge in [0.2, 0.25) is 0 Å². The molecule has 1 saturated heterocycles. The summed E-state index contributed by atoms with van der Waals surface area (Å²) in [6.45, 7) is 0.632. The maximum Gasteiger partial charge on any atom is 0.252 e. The molecule has 76 valence electrons. The predicted octanol–water partition coefficient (Wildman–Crippen LogP) is 1.32. The van der Waals surface area contributed by atoms with Crippen molar-refractivity contribution < 1.29 is 17.6 Å². The van der Waals surface area contributed by atoms with Crippen LogP contribution in [0, 0.1) is 23.5 Å². The Morgan fingerprint density at radius 1 is 1.00 bits per heavy atom. The topological polar surface area (TPSA) is 24.9 Å². The summed E-state index contributed by atoms with van der Waals surface area (Å²) in [5.41, 5.74) is -0.547. The summed E-state index contributed by atoms with van der Waals surface area (Å²) in [5.74, 6) is -6.48. The zero-order chi connectivity index (χ0) is 10.3. The number of hydrogen-bond acceptors (Lipinski definition) is 2. The minimum Gasteiger partial charge on any atom is -0.315 e. The van der Waals surface area contributed by atoms with Gasteiger partial charge in [0, 0.05) is 24.6 Å². The van der Waals surface area contributed by atoms with Gasteiger partial charge in [-0.3, -0.25) is 0 Å². The molecule has 1 N–H and O–H groups in total. The molecule has 1 fully saturated rings. The van der Waals surface area contributed by atoms with Gasteiger partial charge in [0.05, 0.1) is 0 Å². The summed E-state index contributed by atoms with van der Waals surface area (Å²) in [6.07, 6.45) is 0. The minimum absolute atomic E-state index is 0.316. The molecule has 1 aromatic heterocycles. The number of nitrogens with one attached hydrogen (secondary N) is 1. The second kappa shape index (κ2) is 3.20. The Labute approximate surface area is 77.0 Å². The van der Waals surface area contributed by atoms with E-state index in [0.29, 0.717) is 13.1 Å². The van der Waals surface area contributed by atoms with E-state index in [1.165, 1.54) is 0 Å². The van der Waals surface area contributed by atoms with Gasteiger partial charge in [-0.15, -0.1) is 0 Å². The Balaban J connectivity index is 2.54. The van der Waals surface area contributed by atoms with Gasteiger partial charge >= 0.3 is 0 Å². The second-order valence-corrected chi connectivity index (χ2v) is 3.09. The fourth-order valence-corrected chi connectivity index (χ4v) is 1.35. The number of pyridine rings is 1. The SMILES string of the molecule is Fc1nc(F)c(F)c(C2CNC2)c1F. The van der Waals surface area contributed by atoms with Crippen molar-refractivity contribution >= 4 is 0 Å². The number of halogens is 4. The molecule has 0 saturated carbocycles. The van der Waals surface area contributed by atoms with Crippen molar-refractivity contribution in [3.8, 4) is 0 Å². The smallest absolute Gasteiger partial charge is 0.252 e. The zero-order valence-electron chi connectivity index (χ0n) is 6.95. The molecule has 0 bridgehead atoms. The summed E-state index contributed by atoms with van der Waals surface area (Å²) < 4.78 is 51.3. The molecule has 1 aliphatic heterocycles. The van der Waals surface area contributed by atoms with E-state index in [9.17, 15) is 17.6 Å². The van der Waals surface area contributed by atoms with E-state index in [1.54, 1.807) is 0 Å². The maximum absolute atomic E-state index is 13.0. The third-order valence-corrected chi connectivity index (χ3v) is 2.22. The highest BCUT2D eigenvalue weighted by molar-refractivity contribution is 5.24. The van der Waals surface area contributed by atoms with Crippen LogP contribution in [0.5, 0.6) is 0 Å². The summed E-state index contributed by atoms with van der Waals surface area (Å²) in [6, 6.07) is 0. The van der Waals surface area contributed by atoms with Crippen molar-refractivity contribution in [1.29, 1.82) is 0 Å². The van der Waals surface area contributed by atoms with Crippen LogP contribution in [0.15, 0.2) is 0 Å². The lowest BCUT2D eigenvalue weighted by Gasteiger charge is -2.27. The van der Waals surface area contributed by atoms with Crippen molar-refractivity contribution in [2.24, 2.45) is 0 Å². The molecule has 0 unspecified atom stereocenters. The molecule has 2 heterocycles. The summed E-state index contributed by atoms with van der Waals surface area (Å²) in [5, 5.41) is 2.75. The van der Waals surface area contributed by atoms with E-state index in [1.807, 2.05) is 0 Å². The van der Waals surface area contributed by atoms with Gasteiger partial charge in [0.1, 0.15) is 0 Å². The molecule has 0 atom stereocenters. The van der Waals surface area contributed by atoms with Crippen LogP contribution in [0.25, 0.3) is 0 Å². The van der Waals surface area contributed by atoms with Crippen LogP contribution in [0.1, 0.15) is 11.5 Å².